The lowest BCUT2D eigenvalue weighted by atomic mass is 9.95. The third-order valence-corrected chi connectivity index (χ3v) is 6.03. The second kappa shape index (κ2) is 7.74. The predicted octanol–water partition coefficient (Wildman–Crippen LogP) is 4.81. The molecule has 140 valence electrons. The van der Waals surface area contributed by atoms with Crippen LogP contribution in [0.4, 0.5) is 10.8 Å². The molecule has 0 unspecified atom stereocenters. The van der Waals surface area contributed by atoms with Crippen molar-refractivity contribution < 1.29 is 9.53 Å². The second-order valence-corrected chi connectivity index (χ2v) is 8.05. The number of nitrogens with zero attached hydrogens (tertiary/aromatic N) is 2. The number of nitrogens with one attached hydrogen (secondary N) is 1. The number of hydrogen-bond acceptors (Lipinski definition) is 5. The van der Waals surface area contributed by atoms with Crippen molar-refractivity contribution in [2.75, 3.05) is 30.4 Å². The number of amides is 1. The highest BCUT2D eigenvalue weighted by molar-refractivity contribution is 7.22. The lowest BCUT2D eigenvalue weighted by Gasteiger charge is -2.32. The van der Waals surface area contributed by atoms with Gasteiger partial charge in [0, 0.05) is 29.7 Å². The van der Waals surface area contributed by atoms with Crippen LogP contribution in [0.25, 0.3) is 10.2 Å². The minimum atomic E-state index is 0.00184. The largest absolute Gasteiger partial charge is 0.497 e. The number of hydrogen-bond donors (Lipinski definition) is 1. The SMILES string of the molecule is COc1ccc2nc(NC(=O)C3CCN(c4cccc(Cl)c4)CC3)sc2c1. The Morgan fingerprint density at radius 2 is 2.07 bits per heavy atom. The van der Waals surface area contributed by atoms with Crippen molar-refractivity contribution in [3.63, 3.8) is 0 Å². The van der Waals surface area contributed by atoms with Crippen LogP contribution in [0.2, 0.25) is 5.02 Å². The number of carbonyl (C=O) groups is 1. The first-order valence-electron chi connectivity index (χ1n) is 8.88. The molecule has 2 aromatic carbocycles. The van der Waals surface area contributed by atoms with Crippen molar-refractivity contribution in [2.24, 2.45) is 5.92 Å². The first kappa shape index (κ1) is 18.1. The first-order chi connectivity index (χ1) is 13.1. The zero-order valence-electron chi connectivity index (χ0n) is 14.9. The molecule has 1 saturated heterocycles. The molecule has 27 heavy (non-hydrogen) atoms. The Bertz CT molecular complexity index is 967. The van der Waals surface area contributed by atoms with Gasteiger partial charge in [-0.3, -0.25) is 4.79 Å². The molecule has 4 rings (SSSR count). The monoisotopic (exact) mass is 401 g/mol. The molecule has 2 heterocycles. The summed E-state index contributed by atoms with van der Waals surface area (Å²) < 4.78 is 6.24. The summed E-state index contributed by atoms with van der Waals surface area (Å²) >= 11 is 7.55. The number of benzene rings is 2. The Kier molecular flexibility index (Phi) is 5.18. The van der Waals surface area contributed by atoms with Crippen molar-refractivity contribution in [2.45, 2.75) is 12.8 Å². The third-order valence-electron chi connectivity index (χ3n) is 4.86. The Morgan fingerprint density at radius 1 is 1.26 bits per heavy atom. The molecule has 1 fully saturated rings. The molecule has 0 spiro atoms. The fourth-order valence-electron chi connectivity index (χ4n) is 3.37. The summed E-state index contributed by atoms with van der Waals surface area (Å²) in [6.07, 6.45) is 1.63. The van der Waals surface area contributed by atoms with Crippen LogP contribution >= 0.6 is 22.9 Å². The topological polar surface area (TPSA) is 54.5 Å². The number of fused-ring (bicyclic) bond motifs is 1. The van der Waals surface area contributed by atoms with Crippen molar-refractivity contribution in [3.05, 3.63) is 47.5 Å². The Hall–Kier alpha value is -2.31. The second-order valence-electron chi connectivity index (χ2n) is 6.58. The molecule has 5 nitrogen and oxygen atoms in total. The molecule has 1 amide bonds. The molecule has 0 aliphatic carbocycles. The van der Waals surface area contributed by atoms with Gasteiger partial charge in [0.1, 0.15) is 5.75 Å². The number of ether oxygens (including phenoxy) is 1. The number of aromatic nitrogens is 1. The van der Waals surface area contributed by atoms with E-state index < -0.39 is 0 Å². The fourth-order valence-corrected chi connectivity index (χ4v) is 4.45. The number of rotatable bonds is 4. The van der Waals surface area contributed by atoms with Crippen LogP contribution in [0, 0.1) is 5.92 Å². The number of carbonyl (C=O) groups excluding carboxylic acids is 1. The minimum Gasteiger partial charge on any atom is -0.497 e. The van der Waals surface area contributed by atoms with Crippen molar-refractivity contribution >= 4 is 49.9 Å². The number of anilines is 2. The highest BCUT2D eigenvalue weighted by Gasteiger charge is 2.26. The van der Waals surface area contributed by atoms with Gasteiger partial charge in [0.05, 0.1) is 17.3 Å². The van der Waals surface area contributed by atoms with E-state index in [4.69, 9.17) is 16.3 Å². The number of halogens is 1. The van der Waals surface area contributed by atoms with E-state index in [1.165, 1.54) is 11.3 Å². The number of methoxy groups -OCH3 is 1. The van der Waals surface area contributed by atoms with Crippen molar-refractivity contribution in [3.8, 4) is 5.75 Å². The van der Waals surface area contributed by atoms with Gasteiger partial charge in [-0.15, -0.1) is 0 Å². The van der Waals surface area contributed by atoms with E-state index in [0.29, 0.717) is 5.13 Å². The summed E-state index contributed by atoms with van der Waals surface area (Å²) in [5, 5.41) is 4.37. The Morgan fingerprint density at radius 3 is 2.81 bits per heavy atom. The van der Waals surface area contributed by atoms with Gasteiger partial charge in [0.2, 0.25) is 5.91 Å². The van der Waals surface area contributed by atoms with E-state index >= 15 is 0 Å². The number of piperidine rings is 1. The van der Waals surface area contributed by atoms with Crippen LogP contribution in [-0.4, -0.2) is 31.1 Å². The van der Waals surface area contributed by atoms with E-state index in [-0.39, 0.29) is 11.8 Å². The fraction of sp³-hybridized carbons (Fsp3) is 0.300. The zero-order valence-corrected chi connectivity index (χ0v) is 16.5. The van der Waals surface area contributed by atoms with Gasteiger partial charge < -0.3 is 15.0 Å². The zero-order chi connectivity index (χ0) is 18.8. The van der Waals surface area contributed by atoms with Crippen LogP contribution < -0.4 is 15.0 Å². The summed E-state index contributed by atoms with van der Waals surface area (Å²) in [6.45, 7) is 1.69. The normalized spacial score (nSPS) is 15.1. The van der Waals surface area contributed by atoms with Gasteiger partial charge in [-0.1, -0.05) is 29.0 Å². The molecule has 0 radical (unpaired) electrons. The van der Waals surface area contributed by atoms with E-state index in [2.05, 4.69) is 21.3 Å². The van der Waals surface area contributed by atoms with Crippen LogP contribution in [-0.2, 0) is 4.79 Å². The molecule has 0 atom stereocenters. The van der Waals surface area contributed by atoms with E-state index in [1.54, 1.807) is 7.11 Å². The minimum absolute atomic E-state index is 0.00184. The average molecular weight is 402 g/mol. The van der Waals surface area contributed by atoms with Crippen LogP contribution in [0.1, 0.15) is 12.8 Å². The molecule has 7 heteroatoms. The molecular weight excluding hydrogens is 382 g/mol. The maximum atomic E-state index is 12.7. The predicted molar refractivity (Wildman–Crippen MR) is 111 cm³/mol. The van der Waals surface area contributed by atoms with E-state index in [9.17, 15) is 4.79 Å². The lowest BCUT2D eigenvalue weighted by Crippen LogP contribution is -2.38. The van der Waals surface area contributed by atoms with Gasteiger partial charge in [0.15, 0.2) is 5.13 Å². The first-order valence-corrected chi connectivity index (χ1v) is 10.1. The number of thiazole rings is 1. The quantitative estimate of drug-likeness (QED) is 0.681. The smallest absolute Gasteiger partial charge is 0.229 e. The molecule has 0 saturated carbocycles. The van der Waals surface area contributed by atoms with Crippen molar-refractivity contribution in [1.29, 1.82) is 0 Å². The third kappa shape index (κ3) is 4.01. The van der Waals surface area contributed by atoms with Crippen LogP contribution in [0.3, 0.4) is 0 Å². The molecule has 0 bridgehead atoms. The average Bonchev–Trinajstić information content (AvgIpc) is 3.09. The molecule has 1 aromatic heterocycles. The van der Waals surface area contributed by atoms with E-state index in [1.807, 2.05) is 36.4 Å². The maximum Gasteiger partial charge on any atom is 0.229 e. The molecule has 3 aromatic rings. The van der Waals surface area contributed by atoms with Gasteiger partial charge in [-0.05, 0) is 49.2 Å². The van der Waals surface area contributed by atoms with Gasteiger partial charge in [-0.25, -0.2) is 4.98 Å². The summed E-state index contributed by atoms with van der Waals surface area (Å²) in [6, 6.07) is 13.6. The highest BCUT2D eigenvalue weighted by Crippen LogP contribution is 2.30. The maximum absolute atomic E-state index is 12.7. The summed E-state index contributed by atoms with van der Waals surface area (Å²) in [4.78, 5) is 19.4. The van der Waals surface area contributed by atoms with Crippen molar-refractivity contribution in [1.82, 2.24) is 4.98 Å². The summed E-state index contributed by atoms with van der Waals surface area (Å²) in [5.74, 6) is 0.839. The van der Waals surface area contributed by atoms with Crippen LogP contribution in [0.15, 0.2) is 42.5 Å². The van der Waals surface area contributed by atoms with Gasteiger partial charge in [0.25, 0.3) is 0 Å². The van der Waals surface area contributed by atoms with Gasteiger partial charge >= 0.3 is 0 Å². The summed E-state index contributed by atoms with van der Waals surface area (Å²) in [7, 11) is 1.64. The molecule has 1 N–H and O–H groups in total. The van der Waals surface area contributed by atoms with Crippen LogP contribution in [0.5, 0.6) is 5.75 Å². The Balaban J connectivity index is 1.38. The molecule has 1 aliphatic rings. The van der Waals surface area contributed by atoms with Gasteiger partial charge in [-0.2, -0.15) is 0 Å². The lowest BCUT2D eigenvalue weighted by molar-refractivity contribution is -0.120. The molecule has 1 aliphatic heterocycles. The summed E-state index contributed by atoms with van der Waals surface area (Å²) in [5.41, 5.74) is 1.98. The van der Waals surface area contributed by atoms with E-state index in [0.717, 1.165) is 52.6 Å². The molecular formula is C20H20ClN3O2S. The standard InChI is InChI=1S/C20H20ClN3O2S/c1-26-16-5-6-17-18(12-16)27-20(22-17)23-19(25)13-7-9-24(10-8-13)15-4-2-3-14(21)11-15/h2-6,11-13H,7-10H2,1H3,(H,22,23,25). The Labute approximate surface area is 166 Å². The highest BCUT2D eigenvalue weighted by atomic mass is 35.5.